The predicted octanol–water partition coefficient (Wildman–Crippen LogP) is 0.959. The lowest BCUT2D eigenvalue weighted by Gasteiger charge is -2.30. The second-order valence-electron chi connectivity index (χ2n) is 7.01. The molecule has 0 aromatic heterocycles. The lowest BCUT2D eigenvalue weighted by Crippen LogP contribution is -3.27. The molecule has 1 aliphatic rings. The van der Waals surface area contributed by atoms with Crippen molar-refractivity contribution in [2.75, 3.05) is 47.5 Å². The number of nitrogens with one attached hydrogen (secondary N) is 2. The Kier molecular flexibility index (Phi) is 6.99. The van der Waals surface area contributed by atoms with Gasteiger partial charge in [0.25, 0.3) is 0 Å². The normalized spacial score (nSPS) is 19.6. The molecule has 1 aliphatic heterocycles. The first-order valence-electron chi connectivity index (χ1n) is 9.33. The van der Waals surface area contributed by atoms with E-state index in [1.807, 2.05) is 0 Å². The molecule has 0 spiro atoms. The summed E-state index contributed by atoms with van der Waals surface area (Å²) in [5, 5.41) is 0. The minimum atomic E-state index is 0.655. The van der Waals surface area contributed by atoms with Gasteiger partial charge in [0, 0.05) is 15.6 Å². The molecule has 0 radical (unpaired) electrons. The van der Waals surface area contributed by atoms with E-state index in [0.29, 0.717) is 5.75 Å². The summed E-state index contributed by atoms with van der Waals surface area (Å²) in [7, 11) is 4.97. The highest BCUT2D eigenvalue weighted by Crippen LogP contribution is 2.37. The van der Waals surface area contributed by atoms with Gasteiger partial charge in [0.2, 0.25) is 5.75 Å². The molecule has 6 heteroatoms. The Morgan fingerprint density at radius 1 is 0.741 bits per heavy atom. The Hall–Kier alpha value is -1.76. The minimum Gasteiger partial charge on any atom is -0.493 e. The molecule has 0 aliphatic carbocycles. The van der Waals surface area contributed by atoms with Gasteiger partial charge in [0.05, 0.1) is 21.3 Å². The third kappa shape index (κ3) is 5.15. The molecule has 27 heavy (non-hydrogen) atoms. The van der Waals surface area contributed by atoms with E-state index < -0.39 is 0 Å². The number of ether oxygens (including phenoxy) is 3. The third-order valence-corrected chi connectivity index (χ3v) is 5.74. The quantitative estimate of drug-likeness (QED) is 0.678. The minimum absolute atomic E-state index is 0.655. The van der Waals surface area contributed by atoms with Gasteiger partial charge in [-0.05, 0) is 24.3 Å². The van der Waals surface area contributed by atoms with Crippen molar-refractivity contribution in [1.82, 2.24) is 0 Å². The molecule has 1 heterocycles. The maximum Gasteiger partial charge on any atom is 0.203 e. The molecule has 0 bridgehead atoms. The summed E-state index contributed by atoms with van der Waals surface area (Å²) in [4.78, 5) is 3.26. The fraction of sp³-hybridized carbons (Fsp3) is 0.429. The monoisotopic (exact) mass is 436 g/mol. The van der Waals surface area contributed by atoms with Crippen LogP contribution in [-0.2, 0) is 13.1 Å². The molecule has 2 aromatic rings. The van der Waals surface area contributed by atoms with Gasteiger partial charge in [0.1, 0.15) is 39.3 Å². The maximum absolute atomic E-state index is 5.48. The van der Waals surface area contributed by atoms with E-state index in [1.54, 1.807) is 31.1 Å². The molecule has 3 rings (SSSR count). The Morgan fingerprint density at radius 3 is 1.67 bits per heavy atom. The van der Waals surface area contributed by atoms with Gasteiger partial charge < -0.3 is 24.0 Å². The fourth-order valence-corrected chi connectivity index (χ4v) is 3.99. The summed E-state index contributed by atoms with van der Waals surface area (Å²) in [6.45, 7) is 6.80. The molecular formula is C21H29BrN2O3+2. The molecule has 1 fully saturated rings. The number of piperazine rings is 1. The van der Waals surface area contributed by atoms with Crippen LogP contribution in [0, 0.1) is 0 Å². The van der Waals surface area contributed by atoms with E-state index in [9.17, 15) is 0 Å². The van der Waals surface area contributed by atoms with Crippen LogP contribution in [0.15, 0.2) is 40.9 Å². The zero-order valence-electron chi connectivity index (χ0n) is 16.3. The van der Waals surface area contributed by atoms with Crippen molar-refractivity contribution in [3.8, 4) is 17.2 Å². The van der Waals surface area contributed by atoms with E-state index >= 15 is 0 Å². The van der Waals surface area contributed by atoms with Crippen molar-refractivity contribution in [1.29, 1.82) is 0 Å². The second-order valence-corrected chi connectivity index (χ2v) is 7.93. The topological polar surface area (TPSA) is 36.6 Å². The van der Waals surface area contributed by atoms with Crippen LogP contribution in [0.3, 0.4) is 0 Å². The molecule has 0 atom stereocenters. The lowest BCUT2D eigenvalue weighted by molar-refractivity contribution is -1.02. The van der Waals surface area contributed by atoms with Crippen LogP contribution in [0.4, 0.5) is 0 Å². The summed E-state index contributed by atoms with van der Waals surface area (Å²) < 4.78 is 17.5. The van der Waals surface area contributed by atoms with Crippen molar-refractivity contribution >= 4 is 15.9 Å². The van der Waals surface area contributed by atoms with Gasteiger partial charge in [-0.15, -0.1) is 0 Å². The second kappa shape index (κ2) is 9.44. The highest BCUT2D eigenvalue weighted by atomic mass is 79.9. The van der Waals surface area contributed by atoms with Gasteiger partial charge in [-0.3, -0.25) is 0 Å². The maximum atomic E-state index is 5.48. The summed E-state index contributed by atoms with van der Waals surface area (Å²) in [6, 6.07) is 12.8. The smallest absolute Gasteiger partial charge is 0.203 e. The average molecular weight is 437 g/mol. The lowest BCUT2D eigenvalue weighted by atomic mass is 10.1. The number of halogens is 1. The van der Waals surface area contributed by atoms with Crippen molar-refractivity contribution < 1.29 is 24.0 Å². The molecule has 0 amide bonds. The SMILES string of the molecule is COc1cc(C[NH+]2CC[NH+](Cc3ccc(Br)cc3)CC2)cc(OC)c1OC. The van der Waals surface area contributed by atoms with Crippen LogP contribution in [0.25, 0.3) is 0 Å². The number of quaternary nitrogens is 2. The van der Waals surface area contributed by atoms with Gasteiger partial charge in [-0.25, -0.2) is 0 Å². The molecule has 0 saturated carbocycles. The molecule has 5 nitrogen and oxygen atoms in total. The number of hydrogen-bond acceptors (Lipinski definition) is 3. The Labute approximate surface area is 169 Å². The largest absolute Gasteiger partial charge is 0.493 e. The first-order chi connectivity index (χ1) is 13.1. The van der Waals surface area contributed by atoms with Gasteiger partial charge >= 0.3 is 0 Å². The van der Waals surface area contributed by atoms with Gasteiger partial charge in [0.15, 0.2) is 11.5 Å². The first kappa shape index (κ1) is 20.0. The zero-order valence-corrected chi connectivity index (χ0v) is 17.9. The van der Waals surface area contributed by atoms with Crippen molar-refractivity contribution in [2.24, 2.45) is 0 Å². The van der Waals surface area contributed by atoms with E-state index in [4.69, 9.17) is 14.2 Å². The van der Waals surface area contributed by atoms with Crippen LogP contribution in [0.5, 0.6) is 17.2 Å². The fourth-order valence-electron chi connectivity index (χ4n) is 3.73. The molecule has 1 saturated heterocycles. The van der Waals surface area contributed by atoms with Crippen molar-refractivity contribution in [2.45, 2.75) is 13.1 Å². The Bertz CT molecular complexity index is 719. The standard InChI is InChI=1S/C21H27BrN2O3/c1-25-19-12-17(13-20(26-2)21(19)27-3)15-24-10-8-23(9-11-24)14-16-4-6-18(22)7-5-16/h4-7,12-13H,8-11,14-15H2,1-3H3/p+2. The average Bonchev–Trinajstić information content (AvgIpc) is 2.70. The third-order valence-electron chi connectivity index (χ3n) is 5.21. The van der Waals surface area contributed by atoms with Crippen LogP contribution < -0.4 is 24.0 Å². The highest BCUT2D eigenvalue weighted by Gasteiger charge is 2.24. The predicted molar refractivity (Wildman–Crippen MR) is 109 cm³/mol. The molecule has 2 aromatic carbocycles. The first-order valence-corrected chi connectivity index (χ1v) is 10.1. The van der Waals surface area contributed by atoms with E-state index in [-0.39, 0.29) is 0 Å². The number of methoxy groups -OCH3 is 3. The molecule has 146 valence electrons. The van der Waals surface area contributed by atoms with Crippen LogP contribution >= 0.6 is 15.9 Å². The zero-order chi connectivity index (χ0) is 19.2. The summed E-state index contributed by atoms with van der Waals surface area (Å²) in [6.07, 6.45) is 0. The highest BCUT2D eigenvalue weighted by molar-refractivity contribution is 9.10. The summed E-state index contributed by atoms with van der Waals surface area (Å²) >= 11 is 3.50. The Balaban J connectivity index is 1.58. The number of benzene rings is 2. The van der Waals surface area contributed by atoms with E-state index in [1.165, 1.54) is 37.3 Å². The van der Waals surface area contributed by atoms with Crippen LogP contribution in [0.2, 0.25) is 0 Å². The Morgan fingerprint density at radius 2 is 1.22 bits per heavy atom. The summed E-state index contributed by atoms with van der Waals surface area (Å²) in [5.41, 5.74) is 2.62. The molecular weight excluding hydrogens is 408 g/mol. The van der Waals surface area contributed by atoms with E-state index in [0.717, 1.165) is 29.1 Å². The van der Waals surface area contributed by atoms with Crippen LogP contribution in [0.1, 0.15) is 11.1 Å². The van der Waals surface area contributed by atoms with Gasteiger partial charge in [-0.1, -0.05) is 28.1 Å². The molecule has 0 unspecified atom stereocenters. The number of hydrogen-bond donors (Lipinski definition) is 2. The van der Waals surface area contributed by atoms with E-state index in [2.05, 4.69) is 52.3 Å². The van der Waals surface area contributed by atoms with Crippen LogP contribution in [-0.4, -0.2) is 47.5 Å². The van der Waals surface area contributed by atoms with Gasteiger partial charge in [-0.2, -0.15) is 0 Å². The summed E-state index contributed by atoms with van der Waals surface area (Å²) in [5.74, 6) is 2.11. The number of rotatable bonds is 7. The molecule has 2 N–H and O–H groups in total. The van der Waals surface area contributed by atoms with Crippen molar-refractivity contribution in [3.05, 3.63) is 52.0 Å². The van der Waals surface area contributed by atoms with Crippen molar-refractivity contribution in [3.63, 3.8) is 0 Å².